The van der Waals surface area contributed by atoms with E-state index in [1.54, 1.807) is 18.3 Å². The number of halogens is 1. The number of nitrogens with two attached hydrogens (primary N) is 1. The van der Waals surface area contributed by atoms with Crippen LogP contribution in [0.3, 0.4) is 0 Å². The number of benzene rings is 1. The first-order valence-corrected chi connectivity index (χ1v) is 8.02. The molecule has 0 unspecified atom stereocenters. The summed E-state index contributed by atoms with van der Waals surface area (Å²) in [7, 11) is 0. The Hall–Kier alpha value is -2.08. The SMILES string of the molecule is C[C@@]1(c2cc(Nc3ccccn3)ccc2F)CCSC(N)=N1. The Morgan fingerprint density at radius 1 is 1.32 bits per heavy atom. The molecular formula is C16H17FN4S. The molecule has 0 aliphatic carbocycles. The minimum atomic E-state index is -0.624. The van der Waals surface area contributed by atoms with Gasteiger partial charge in [-0.2, -0.15) is 0 Å². The summed E-state index contributed by atoms with van der Waals surface area (Å²) in [4.78, 5) is 8.68. The molecule has 0 radical (unpaired) electrons. The highest BCUT2D eigenvalue weighted by molar-refractivity contribution is 8.13. The van der Waals surface area contributed by atoms with Crippen LogP contribution in [0.25, 0.3) is 0 Å². The van der Waals surface area contributed by atoms with E-state index >= 15 is 0 Å². The number of nitrogens with one attached hydrogen (secondary N) is 1. The number of aromatic nitrogens is 1. The molecule has 114 valence electrons. The second-order valence-corrected chi connectivity index (χ2v) is 6.47. The largest absolute Gasteiger partial charge is 0.379 e. The van der Waals surface area contributed by atoms with E-state index in [-0.39, 0.29) is 5.82 Å². The van der Waals surface area contributed by atoms with Crippen molar-refractivity contribution in [3.63, 3.8) is 0 Å². The van der Waals surface area contributed by atoms with Gasteiger partial charge in [0.05, 0.1) is 5.54 Å². The summed E-state index contributed by atoms with van der Waals surface area (Å²) in [6.45, 7) is 1.92. The monoisotopic (exact) mass is 316 g/mol. The van der Waals surface area contributed by atoms with E-state index in [9.17, 15) is 4.39 Å². The predicted molar refractivity (Wildman–Crippen MR) is 90.0 cm³/mol. The number of rotatable bonds is 3. The number of hydrogen-bond donors (Lipinski definition) is 2. The maximum absolute atomic E-state index is 14.3. The van der Waals surface area contributed by atoms with Crippen LogP contribution in [0.15, 0.2) is 47.6 Å². The molecule has 0 saturated carbocycles. The molecule has 6 heteroatoms. The molecule has 0 amide bonds. The topological polar surface area (TPSA) is 63.3 Å². The van der Waals surface area contributed by atoms with Crippen LogP contribution in [-0.4, -0.2) is 15.9 Å². The second kappa shape index (κ2) is 5.96. The van der Waals surface area contributed by atoms with Crippen LogP contribution in [-0.2, 0) is 5.54 Å². The van der Waals surface area contributed by atoms with E-state index in [0.29, 0.717) is 16.5 Å². The van der Waals surface area contributed by atoms with Gasteiger partial charge in [0, 0.05) is 23.2 Å². The Morgan fingerprint density at radius 2 is 2.18 bits per heavy atom. The first-order chi connectivity index (χ1) is 10.6. The third kappa shape index (κ3) is 3.06. The molecule has 1 aliphatic heterocycles. The van der Waals surface area contributed by atoms with Crippen molar-refractivity contribution < 1.29 is 4.39 Å². The lowest BCUT2D eigenvalue weighted by atomic mass is 9.89. The Balaban J connectivity index is 1.95. The molecule has 1 aromatic carbocycles. The van der Waals surface area contributed by atoms with Gasteiger partial charge in [-0.05, 0) is 43.7 Å². The van der Waals surface area contributed by atoms with Gasteiger partial charge in [0.25, 0.3) is 0 Å². The highest BCUT2D eigenvalue weighted by Crippen LogP contribution is 2.37. The number of anilines is 2. The summed E-state index contributed by atoms with van der Waals surface area (Å²) in [5, 5.41) is 3.69. The van der Waals surface area contributed by atoms with Gasteiger partial charge in [0.2, 0.25) is 0 Å². The predicted octanol–water partition coefficient (Wildman–Crippen LogP) is 3.63. The molecule has 0 fully saturated rings. The molecule has 0 bridgehead atoms. The third-order valence-corrected chi connectivity index (χ3v) is 4.47. The maximum atomic E-state index is 14.3. The van der Waals surface area contributed by atoms with E-state index in [1.165, 1.54) is 17.8 Å². The van der Waals surface area contributed by atoms with Crippen LogP contribution in [0.4, 0.5) is 15.9 Å². The second-order valence-electron chi connectivity index (χ2n) is 5.36. The Kier molecular flexibility index (Phi) is 4.02. The first-order valence-electron chi connectivity index (χ1n) is 7.03. The minimum Gasteiger partial charge on any atom is -0.379 e. The van der Waals surface area contributed by atoms with Crippen molar-refractivity contribution in [1.29, 1.82) is 0 Å². The molecule has 1 atom stereocenters. The smallest absolute Gasteiger partial charge is 0.154 e. The van der Waals surface area contributed by atoms with Crippen molar-refractivity contribution in [1.82, 2.24) is 4.98 Å². The maximum Gasteiger partial charge on any atom is 0.154 e. The molecule has 1 aromatic heterocycles. The lowest BCUT2D eigenvalue weighted by molar-refractivity contribution is 0.450. The van der Waals surface area contributed by atoms with E-state index in [2.05, 4.69) is 15.3 Å². The Bertz CT molecular complexity index is 705. The summed E-state index contributed by atoms with van der Waals surface area (Å²) in [5.41, 5.74) is 6.53. The molecular weight excluding hydrogens is 299 g/mol. The summed E-state index contributed by atoms with van der Waals surface area (Å²) >= 11 is 1.51. The molecule has 2 aromatic rings. The number of pyridine rings is 1. The normalized spacial score (nSPS) is 21.3. The van der Waals surface area contributed by atoms with Gasteiger partial charge in [-0.1, -0.05) is 17.8 Å². The summed E-state index contributed by atoms with van der Waals surface area (Å²) in [6, 6.07) is 10.5. The summed E-state index contributed by atoms with van der Waals surface area (Å²) in [5.74, 6) is 1.29. The molecule has 1 aliphatic rings. The molecule has 0 saturated heterocycles. The van der Waals surface area contributed by atoms with Crippen molar-refractivity contribution in [2.45, 2.75) is 18.9 Å². The summed E-state index contributed by atoms with van der Waals surface area (Å²) in [6.07, 6.45) is 2.46. The van der Waals surface area contributed by atoms with E-state index < -0.39 is 5.54 Å². The van der Waals surface area contributed by atoms with Crippen molar-refractivity contribution in [2.24, 2.45) is 10.7 Å². The van der Waals surface area contributed by atoms with Crippen LogP contribution in [0.1, 0.15) is 18.9 Å². The third-order valence-electron chi connectivity index (χ3n) is 3.68. The van der Waals surface area contributed by atoms with Crippen molar-refractivity contribution in [3.05, 3.63) is 54.0 Å². The van der Waals surface area contributed by atoms with Crippen molar-refractivity contribution in [3.8, 4) is 0 Å². The number of aliphatic imine (C=N–C) groups is 1. The Morgan fingerprint density at radius 3 is 2.91 bits per heavy atom. The fraction of sp³-hybridized carbons (Fsp3) is 0.250. The number of nitrogens with zero attached hydrogens (tertiary/aromatic N) is 2. The quantitative estimate of drug-likeness (QED) is 0.907. The first kappa shape index (κ1) is 14.8. The minimum absolute atomic E-state index is 0.266. The zero-order valence-corrected chi connectivity index (χ0v) is 13.0. The van der Waals surface area contributed by atoms with Crippen molar-refractivity contribution >= 4 is 28.4 Å². The molecule has 3 rings (SSSR count). The van der Waals surface area contributed by atoms with Crippen LogP contribution >= 0.6 is 11.8 Å². The van der Waals surface area contributed by atoms with Gasteiger partial charge in [0.1, 0.15) is 11.6 Å². The molecule has 4 nitrogen and oxygen atoms in total. The number of hydrogen-bond acceptors (Lipinski definition) is 5. The van der Waals surface area contributed by atoms with Gasteiger partial charge >= 0.3 is 0 Å². The average Bonchev–Trinajstić information content (AvgIpc) is 2.50. The van der Waals surface area contributed by atoms with Crippen LogP contribution in [0.5, 0.6) is 0 Å². The number of amidine groups is 1. The molecule has 3 N–H and O–H groups in total. The summed E-state index contributed by atoms with van der Waals surface area (Å²) < 4.78 is 14.3. The van der Waals surface area contributed by atoms with E-state index in [4.69, 9.17) is 5.73 Å². The highest BCUT2D eigenvalue weighted by atomic mass is 32.2. The van der Waals surface area contributed by atoms with Gasteiger partial charge in [-0.3, -0.25) is 4.99 Å². The standard InChI is InChI=1S/C16H17FN4S/c1-16(7-9-22-15(18)21-16)12-10-11(5-6-13(12)17)20-14-4-2-3-8-19-14/h2-6,8,10H,7,9H2,1H3,(H2,18,21)(H,19,20)/t16-/m0/s1. The van der Waals surface area contributed by atoms with Gasteiger partial charge in [-0.25, -0.2) is 9.37 Å². The lowest BCUT2D eigenvalue weighted by Crippen LogP contribution is -2.29. The highest BCUT2D eigenvalue weighted by Gasteiger charge is 2.32. The zero-order valence-electron chi connectivity index (χ0n) is 12.2. The zero-order chi connectivity index (χ0) is 15.6. The Labute approximate surface area is 133 Å². The van der Waals surface area contributed by atoms with Gasteiger partial charge in [0.15, 0.2) is 5.17 Å². The molecule has 22 heavy (non-hydrogen) atoms. The van der Waals surface area contributed by atoms with Crippen LogP contribution in [0, 0.1) is 5.82 Å². The molecule has 2 heterocycles. The molecule has 0 spiro atoms. The van der Waals surface area contributed by atoms with Gasteiger partial charge < -0.3 is 11.1 Å². The van der Waals surface area contributed by atoms with E-state index in [1.807, 2.05) is 25.1 Å². The van der Waals surface area contributed by atoms with Gasteiger partial charge in [-0.15, -0.1) is 0 Å². The van der Waals surface area contributed by atoms with Crippen LogP contribution in [0.2, 0.25) is 0 Å². The van der Waals surface area contributed by atoms with Crippen LogP contribution < -0.4 is 11.1 Å². The van der Waals surface area contributed by atoms with Crippen molar-refractivity contribution in [2.75, 3.05) is 11.1 Å². The lowest BCUT2D eigenvalue weighted by Gasteiger charge is -2.30. The fourth-order valence-electron chi connectivity index (χ4n) is 2.48. The van der Waals surface area contributed by atoms with E-state index in [0.717, 1.165) is 17.9 Å². The fourth-order valence-corrected chi connectivity index (χ4v) is 3.46. The number of thioether (sulfide) groups is 1. The average molecular weight is 316 g/mol.